The van der Waals surface area contributed by atoms with Crippen molar-refractivity contribution in [2.75, 3.05) is 0 Å². The molecule has 1 N–H and O–H groups in total. The molecule has 0 radical (unpaired) electrons. The monoisotopic (exact) mass is 237 g/mol. The molecule has 88 valence electrons. The second-order valence-corrected chi connectivity index (χ2v) is 4.45. The zero-order valence-electron chi connectivity index (χ0n) is 9.84. The number of hydrogen-bond acceptors (Lipinski definition) is 2. The van der Waals surface area contributed by atoms with E-state index in [1.807, 2.05) is 36.0 Å². The number of rotatable bonds is 1. The van der Waals surface area contributed by atoms with Gasteiger partial charge in [-0.15, -0.1) is 0 Å². The minimum atomic E-state index is 0.895. The van der Waals surface area contributed by atoms with Crippen molar-refractivity contribution in [3.05, 3.63) is 43.1 Å². The van der Waals surface area contributed by atoms with E-state index >= 15 is 0 Å². The normalized spacial score (nSPS) is 11.6. The average Bonchev–Trinajstić information content (AvgIpc) is 3.03. The summed E-state index contributed by atoms with van der Waals surface area (Å²) in [6.45, 7) is 0. The Morgan fingerprint density at radius 1 is 1.28 bits per heavy atom. The molecule has 3 heterocycles. The van der Waals surface area contributed by atoms with E-state index in [0.717, 1.165) is 33.3 Å². The lowest BCUT2D eigenvalue weighted by atomic mass is 10.2. The quantitative estimate of drug-likeness (QED) is 0.552. The van der Waals surface area contributed by atoms with E-state index in [0.29, 0.717) is 0 Å². The molecule has 0 aliphatic rings. The maximum atomic E-state index is 5.69. The van der Waals surface area contributed by atoms with Crippen molar-refractivity contribution in [3.63, 3.8) is 0 Å². The van der Waals surface area contributed by atoms with E-state index in [2.05, 4.69) is 16.0 Å². The Kier molecular flexibility index (Phi) is 1.73. The molecule has 4 rings (SSSR count). The molecular weight excluding hydrogens is 226 g/mol. The number of H-pyrrole nitrogens is 1. The Balaban J connectivity index is 2.07. The molecule has 3 aromatic heterocycles. The molecule has 4 nitrogen and oxygen atoms in total. The number of nitrogens with one attached hydrogen (secondary N) is 1. The number of aromatic amines is 1. The van der Waals surface area contributed by atoms with Crippen molar-refractivity contribution < 1.29 is 4.42 Å². The first kappa shape index (κ1) is 9.53. The molecule has 4 heteroatoms. The number of aryl methyl sites for hydroxylation is 1. The van der Waals surface area contributed by atoms with Crippen LogP contribution in [0.2, 0.25) is 0 Å². The molecule has 0 aliphatic heterocycles. The first-order valence-electron chi connectivity index (χ1n) is 5.79. The number of para-hydroxylation sites is 1. The Morgan fingerprint density at radius 3 is 3.00 bits per heavy atom. The van der Waals surface area contributed by atoms with Crippen LogP contribution < -0.4 is 0 Å². The lowest BCUT2D eigenvalue weighted by molar-refractivity contribution is 0.620. The van der Waals surface area contributed by atoms with Crippen molar-refractivity contribution in [2.24, 2.45) is 7.05 Å². The second kappa shape index (κ2) is 3.26. The van der Waals surface area contributed by atoms with Crippen LogP contribution in [0.5, 0.6) is 0 Å². The van der Waals surface area contributed by atoms with Gasteiger partial charge in [0.05, 0.1) is 23.1 Å². The van der Waals surface area contributed by atoms with E-state index in [1.54, 1.807) is 12.6 Å². The van der Waals surface area contributed by atoms with Gasteiger partial charge in [0, 0.05) is 24.1 Å². The van der Waals surface area contributed by atoms with Crippen LogP contribution in [0.1, 0.15) is 0 Å². The van der Waals surface area contributed by atoms with E-state index in [4.69, 9.17) is 4.42 Å². The van der Waals surface area contributed by atoms with Crippen LogP contribution in [0.4, 0.5) is 0 Å². The summed E-state index contributed by atoms with van der Waals surface area (Å²) in [6, 6.07) is 8.13. The maximum Gasteiger partial charge on any atom is 0.160 e. The molecule has 0 spiro atoms. The summed E-state index contributed by atoms with van der Waals surface area (Å²) >= 11 is 0. The summed E-state index contributed by atoms with van der Waals surface area (Å²) in [5, 5.41) is 1.11. The zero-order chi connectivity index (χ0) is 12.1. The van der Waals surface area contributed by atoms with Crippen molar-refractivity contribution in [3.8, 4) is 11.3 Å². The number of hydrogen-bond donors (Lipinski definition) is 1. The summed E-state index contributed by atoms with van der Waals surface area (Å²) < 4.78 is 7.61. The van der Waals surface area contributed by atoms with E-state index in [1.165, 1.54) is 0 Å². The number of furan rings is 1. The predicted octanol–water partition coefficient (Wildman–Crippen LogP) is 3.31. The summed E-state index contributed by atoms with van der Waals surface area (Å²) in [5.41, 5.74) is 4.91. The molecule has 0 saturated carbocycles. The van der Waals surface area contributed by atoms with Gasteiger partial charge in [-0.1, -0.05) is 12.1 Å². The van der Waals surface area contributed by atoms with Gasteiger partial charge in [0.15, 0.2) is 5.58 Å². The van der Waals surface area contributed by atoms with Gasteiger partial charge in [-0.3, -0.25) is 0 Å². The number of nitrogens with zero attached hydrogens (tertiary/aromatic N) is 2. The molecule has 18 heavy (non-hydrogen) atoms. The summed E-state index contributed by atoms with van der Waals surface area (Å²) in [7, 11) is 1.96. The molecule has 4 aromatic rings. The smallest absolute Gasteiger partial charge is 0.160 e. The molecule has 0 unspecified atom stereocenters. The van der Waals surface area contributed by atoms with Crippen molar-refractivity contribution >= 4 is 22.0 Å². The topological polar surface area (TPSA) is 46.8 Å². The number of benzene rings is 1. The van der Waals surface area contributed by atoms with E-state index in [-0.39, 0.29) is 0 Å². The highest BCUT2D eigenvalue weighted by molar-refractivity contribution is 6.08. The SMILES string of the molecule is Cn1cnc(-c2coc3c2[nH]c2ccccc23)c1. The molecule has 0 amide bonds. The molecule has 0 fully saturated rings. The lowest BCUT2D eigenvalue weighted by Crippen LogP contribution is -1.78. The van der Waals surface area contributed by atoms with Gasteiger partial charge in [-0.2, -0.15) is 0 Å². The molecule has 0 bridgehead atoms. The van der Waals surface area contributed by atoms with Crippen LogP contribution in [-0.4, -0.2) is 14.5 Å². The van der Waals surface area contributed by atoms with Gasteiger partial charge in [0.2, 0.25) is 0 Å². The molecule has 0 atom stereocenters. The number of imidazole rings is 1. The highest BCUT2D eigenvalue weighted by Crippen LogP contribution is 2.33. The minimum absolute atomic E-state index is 0.895. The third kappa shape index (κ3) is 1.17. The lowest BCUT2D eigenvalue weighted by Gasteiger charge is -1.89. The van der Waals surface area contributed by atoms with E-state index < -0.39 is 0 Å². The summed E-state index contributed by atoms with van der Waals surface area (Å²) in [6.07, 6.45) is 5.53. The fraction of sp³-hybridized carbons (Fsp3) is 0.0714. The van der Waals surface area contributed by atoms with Crippen molar-refractivity contribution in [1.29, 1.82) is 0 Å². The summed E-state index contributed by atoms with van der Waals surface area (Å²) in [4.78, 5) is 7.75. The van der Waals surface area contributed by atoms with Crippen LogP contribution in [-0.2, 0) is 7.05 Å². The fourth-order valence-corrected chi connectivity index (χ4v) is 2.35. The van der Waals surface area contributed by atoms with Crippen LogP contribution in [0.15, 0.2) is 47.5 Å². The number of aromatic nitrogens is 3. The minimum Gasteiger partial charge on any atom is -0.461 e. The average molecular weight is 237 g/mol. The van der Waals surface area contributed by atoms with Crippen molar-refractivity contribution in [2.45, 2.75) is 0 Å². The van der Waals surface area contributed by atoms with Gasteiger partial charge < -0.3 is 14.0 Å². The molecule has 1 aromatic carbocycles. The van der Waals surface area contributed by atoms with Crippen LogP contribution >= 0.6 is 0 Å². The Hall–Kier alpha value is -2.49. The first-order valence-corrected chi connectivity index (χ1v) is 5.79. The van der Waals surface area contributed by atoms with Crippen molar-refractivity contribution in [1.82, 2.24) is 14.5 Å². The van der Waals surface area contributed by atoms with Gasteiger partial charge in [0.1, 0.15) is 6.26 Å². The molecular formula is C14H11N3O. The summed E-state index contributed by atoms with van der Waals surface area (Å²) in [5.74, 6) is 0. The standard InChI is InChI=1S/C14H11N3O/c1-17-6-12(15-8-17)10-7-18-14-9-4-2-3-5-11(9)16-13(10)14/h2-8,16H,1H3. The first-order chi connectivity index (χ1) is 8.83. The van der Waals surface area contributed by atoms with Crippen LogP contribution in [0, 0.1) is 0 Å². The highest BCUT2D eigenvalue weighted by Gasteiger charge is 2.14. The van der Waals surface area contributed by atoms with Gasteiger partial charge in [-0.05, 0) is 12.1 Å². The molecule has 0 saturated heterocycles. The highest BCUT2D eigenvalue weighted by atomic mass is 16.3. The molecule has 0 aliphatic carbocycles. The fourth-order valence-electron chi connectivity index (χ4n) is 2.35. The zero-order valence-corrected chi connectivity index (χ0v) is 9.84. The van der Waals surface area contributed by atoms with E-state index in [9.17, 15) is 0 Å². The second-order valence-electron chi connectivity index (χ2n) is 4.45. The predicted molar refractivity (Wildman–Crippen MR) is 70.3 cm³/mol. The largest absolute Gasteiger partial charge is 0.461 e. The number of fused-ring (bicyclic) bond motifs is 3. The third-order valence-corrected chi connectivity index (χ3v) is 3.20. The van der Waals surface area contributed by atoms with Gasteiger partial charge in [-0.25, -0.2) is 4.98 Å². The van der Waals surface area contributed by atoms with Gasteiger partial charge in [0.25, 0.3) is 0 Å². The van der Waals surface area contributed by atoms with Gasteiger partial charge >= 0.3 is 0 Å². The van der Waals surface area contributed by atoms with Crippen LogP contribution in [0.25, 0.3) is 33.3 Å². The maximum absolute atomic E-state index is 5.69. The Morgan fingerprint density at radius 2 is 2.17 bits per heavy atom. The third-order valence-electron chi connectivity index (χ3n) is 3.20. The van der Waals surface area contributed by atoms with Crippen LogP contribution in [0.3, 0.4) is 0 Å². The Labute approximate surface area is 103 Å². The Bertz CT molecular complexity index is 850.